The first kappa shape index (κ1) is 26.4. The van der Waals surface area contributed by atoms with Crippen molar-refractivity contribution in [1.82, 2.24) is 9.13 Å². The van der Waals surface area contributed by atoms with E-state index in [-0.39, 0.29) is 6.04 Å². The topological polar surface area (TPSA) is 75.0 Å². The molecule has 0 fully saturated rings. The van der Waals surface area contributed by atoms with Gasteiger partial charge in [-0.2, -0.15) is 0 Å². The molecule has 10 rings (SSSR count). The summed E-state index contributed by atoms with van der Waals surface area (Å²) in [4.78, 5) is 0. The van der Waals surface area contributed by atoms with E-state index in [4.69, 9.17) is 15.9 Å². The average molecular weight is 609 g/mol. The number of nitrogens with two attached hydrogens (primary N) is 2. The highest BCUT2D eigenvalue weighted by Crippen LogP contribution is 2.44. The molecule has 0 spiro atoms. The van der Waals surface area contributed by atoms with Crippen LogP contribution in [0.15, 0.2) is 126 Å². The number of nitrogens with zero attached hydrogens (tertiary/aromatic N) is 2. The monoisotopic (exact) mass is 608 g/mol. The third-order valence-corrected chi connectivity index (χ3v) is 10.1. The van der Waals surface area contributed by atoms with Crippen LogP contribution >= 0.6 is 0 Å². The molecule has 0 saturated carbocycles. The Hall–Kier alpha value is -5.78. The van der Waals surface area contributed by atoms with Crippen molar-refractivity contribution in [1.29, 1.82) is 0 Å². The molecule has 8 aromatic rings. The summed E-state index contributed by atoms with van der Waals surface area (Å²) in [6, 6.07) is 34.4. The first-order valence-corrected chi connectivity index (χ1v) is 16.4. The van der Waals surface area contributed by atoms with Gasteiger partial charge in [-0.1, -0.05) is 66.8 Å². The first-order valence-electron chi connectivity index (χ1n) is 16.4. The molecular weight excluding hydrogens is 576 g/mol. The van der Waals surface area contributed by atoms with E-state index < -0.39 is 0 Å². The minimum Gasteiger partial charge on any atom is -0.455 e. The van der Waals surface area contributed by atoms with Crippen LogP contribution in [0.4, 0.5) is 5.69 Å². The predicted octanol–water partition coefficient (Wildman–Crippen LogP) is 9.97. The number of nitrogen functional groups attached to an aromatic ring is 1. The lowest BCUT2D eigenvalue weighted by Gasteiger charge is -2.19. The van der Waals surface area contributed by atoms with E-state index in [1.54, 1.807) is 0 Å². The maximum absolute atomic E-state index is 6.93. The number of para-hydroxylation sites is 2. The van der Waals surface area contributed by atoms with Crippen LogP contribution in [0, 0.1) is 0 Å². The molecule has 0 aliphatic heterocycles. The minimum absolute atomic E-state index is 0.00556. The summed E-state index contributed by atoms with van der Waals surface area (Å²) >= 11 is 0. The van der Waals surface area contributed by atoms with Crippen LogP contribution < -0.4 is 11.5 Å². The third-order valence-electron chi connectivity index (χ3n) is 10.1. The lowest BCUT2D eigenvalue weighted by atomic mass is 9.97. The number of hydrogen-bond acceptors (Lipinski definition) is 3. The summed E-state index contributed by atoms with van der Waals surface area (Å²) < 4.78 is 11.4. The number of allylic oxidation sites excluding steroid dienone is 4. The maximum Gasteiger partial charge on any atom is 0.145 e. The molecule has 47 heavy (non-hydrogen) atoms. The van der Waals surface area contributed by atoms with Crippen LogP contribution in [0.3, 0.4) is 0 Å². The Bertz CT molecular complexity index is 2690. The van der Waals surface area contributed by atoms with Crippen molar-refractivity contribution in [2.24, 2.45) is 5.73 Å². The largest absolute Gasteiger partial charge is 0.455 e. The van der Waals surface area contributed by atoms with E-state index >= 15 is 0 Å². The van der Waals surface area contributed by atoms with Crippen LogP contribution in [0.25, 0.3) is 83.2 Å². The van der Waals surface area contributed by atoms with Crippen LogP contribution in [-0.4, -0.2) is 15.2 Å². The number of rotatable bonds is 3. The highest BCUT2D eigenvalue weighted by Gasteiger charge is 2.25. The van der Waals surface area contributed by atoms with E-state index in [1.165, 1.54) is 16.6 Å². The summed E-state index contributed by atoms with van der Waals surface area (Å²) in [5.74, 6) is 0. The number of hydrogen-bond donors (Lipinski definition) is 2. The maximum atomic E-state index is 6.93. The second kappa shape index (κ2) is 9.86. The third kappa shape index (κ3) is 3.75. The molecule has 4 N–H and O–H groups in total. The van der Waals surface area contributed by atoms with Gasteiger partial charge in [-0.05, 0) is 91.1 Å². The van der Waals surface area contributed by atoms with Gasteiger partial charge in [-0.25, -0.2) is 0 Å². The van der Waals surface area contributed by atoms with E-state index in [1.807, 2.05) is 12.1 Å². The molecule has 1 atom stereocenters. The molecular formula is C42H32N4O. The van der Waals surface area contributed by atoms with Crippen molar-refractivity contribution in [3.8, 4) is 16.8 Å². The van der Waals surface area contributed by atoms with E-state index in [0.717, 1.165) is 96.7 Å². The average Bonchev–Trinajstić information content (AvgIpc) is 3.75. The summed E-state index contributed by atoms with van der Waals surface area (Å²) in [5.41, 5.74) is 26.1. The van der Waals surface area contributed by atoms with Crippen molar-refractivity contribution < 1.29 is 4.42 Å². The highest BCUT2D eigenvalue weighted by molar-refractivity contribution is 6.24. The normalized spacial score (nSPS) is 16.2. The van der Waals surface area contributed by atoms with Gasteiger partial charge in [0, 0.05) is 50.2 Å². The Morgan fingerprint density at radius 3 is 2.43 bits per heavy atom. The number of benzene rings is 5. The van der Waals surface area contributed by atoms with Gasteiger partial charge in [0.2, 0.25) is 0 Å². The van der Waals surface area contributed by atoms with Crippen molar-refractivity contribution in [2.75, 3.05) is 5.73 Å². The number of anilines is 1. The van der Waals surface area contributed by atoms with Crippen LogP contribution in [0.5, 0.6) is 0 Å². The van der Waals surface area contributed by atoms with E-state index in [2.05, 4.69) is 124 Å². The molecule has 0 radical (unpaired) electrons. The summed E-state index contributed by atoms with van der Waals surface area (Å²) in [6.07, 6.45) is 14.0. The fourth-order valence-electron chi connectivity index (χ4n) is 8.04. The molecule has 0 saturated heterocycles. The van der Waals surface area contributed by atoms with Gasteiger partial charge in [0.25, 0.3) is 0 Å². The van der Waals surface area contributed by atoms with Crippen molar-refractivity contribution in [3.05, 3.63) is 133 Å². The van der Waals surface area contributed by atoms with Gasteiger partial charge in [-0.15, -0.1) is 0 Å². The molecule has 3 heterocycles. The van der Waals surface area contributed by atoms with Crippen molar-refractivity contribution >= 4 is 72.1 Å². The molecule has 0 unspecified atom stereocenters. The second-order valence-corrected chi connectivity index (χ2v) is 12.8. The number of fused-ring (bicyclic) bond motifs is 10. The molecule has 226 valence electrons. The predicted molar refractivity (Wildman–Crippen MR) is 197 cm³/mol. The molecule has 2 aliphatic carbocycles. The number of furan rings is 1. The first-order chi connectivity index (χ1) is 23.2. The Morgan fingerprint density at radius 1 is 0.702 bits per heavy atom. The van der Waals surface area contributed by atoms with Crippen molar-refractivity contribution in [3.63, 3.8) is 0 Å². The quantitative estimate of drug-likeness (QED) is 0.196. The zero-order chi connectivity index (χ0) is 31.2. The van der Waals surface area contributed by atoms with Gasteiger partial charge in [0.1, 0.15) is 11.2 Å². The van der Waals surface area contributed by atoms with Gasteiger partial charge < -0.3 is 25.0 Å². The zero-order valence-corrected chi connectivity index (χ0v) is 25.8. The summed E-state index contributed by atoms with van der Waals surface area (Å²) in [5, 5.41) is 5.75. The molecule has 0 amide bonds. The molecule has 5 heteroatoms. The lowest BCUT2D eigenvalue weighted by molar-refractivity contribution is 0.673. The smallest absolute Gasteiger partial charge is 0.145 e. The summed E-state index contributed by atoms with van der Waals surface area (Å²) in [7, 11) is 0. The summed E-state index contributed by atoms with van der Waals surface area (Å²) in [6.45, 7) is 0. The minimum atomic E-state index is 0.00556. The molecule has 5 nitrogen and oxygen atoms in total. The molecule has 3 aromatic heterocycles. The Morgan fingerprint density at radius 2 is 1.53 bits per heavy atom. The van der Waals surface area contributed by atoms with Gasteiger partial charge in [-0.3, -0.25) is 0 Å². The fraction of sp³-hybridized carbons (Fsp3) is 0.0952. The van der Waals surface area contributed by atoms with E-state index in [0.29, 0.717) is 0 Å². The zero-order valence-electron chi connectivity index (χ0n) is 25.8. The Balaban J connectivity index is 1.29. The van der Waals surface area contributed by atoms with Crippen LogP contribution in [0.1, 0.15) is 24.1 Å². The lowest BCUT2D eigenvalue weighted by Crippen LogP contribution is -2.22. The van der Waals surface area contributed by atoms with Gasteiger partial charge >= 0.3 is 0 Å². The van der Waals surface area contributed by atoms with Crippen LogP contribution in [-0.2, 0) is 6.42 Å². The molecule has 0 bridgehead atoms. The van der Waals surface area contributed by atoms with Crippen molar-refractivity contribution in [2.45, 2.75) is 25.3 Å². The molecule has 2 aliphatic rings. The Labute approximate surface area is 271 Å². The van der Waals surface area contributed by atoms with E-state index in [9.17, 15) is 0 Å². The second-order valence-electron chi connectivity index (χ2n) is 12.8. The van der Waals surface area contributed by atoms with Gasteiger partial charge in [0.15, 0.2) is 0 Å². The molecule has 5 aromatic carbocycles. The SMILES string of the molecule is Nc1cccc(-n2c3c(c4ccccc42)C[C@H](N)C=C3)c1-c1ccc2c(c1)c1c3oc4ccccc4c3ccc1n2C1=CCCC=C1. The fourth-order valence-corrected chi connectivity index (χ4v) is 8.04. The standard InChI is InChI=1S/C42H32N4O/c43-26-18-21-35-31(24-26)28-11-4-6-14-34(28)46(35)37-15-8-13-33(44)40(37)25-17-20-36-32(23-25)41-38(45(36)27-9-2-1-3-10-27)22-19-30-29-12-5-7-16-39(29)47-42(30)41/h2,4-23,26H,1,3,24,43-44H2/t26-/m1/s1. The number of aromatic nitrogens is 2. The highest BCUT2D eigenvalue weighted by atomic mass is 16.3. The van der Waals surface area contributed by atoms with Gasteiger partial charge in [0.05, 0.1) is 27.6 Å². The van der Waals surface area contributed by atoms with Crippen LogP contribution in [0.2, 0.25) is 0 Å². The Kier molecular flexibility index (Phi) is 5.55.